The number of fused-ring (bicyclic) bond motifs is 1. The highest BCUT2D eigenvalue weighted by Crippen LogP contribution is 2.27. The number of anilines is 1. The molecule has 2 N–H and O–H groups in total. The Hall–Kier alpha value is -3.39. The third-order valence-corrected chi connectivity index (χ3v) is 6.26. The van der Waals surface area contributed by atoms with E-state index >= 15 is 0 Å². The number of para-hydroxylation sites is 2. The molecule has 1 fully saturated rings. The normalized spacial score (nSPS) is 13.7. The van der Waals surface area contributed by atoms with E-state index in [-0.39, 0.29) is 48.5 Å². The molecule has 178 valence electrons. The molecule has 1 aliphatic rings. The Kier molecular flexibility index (Phi) is 7.47. The van der Waals surface area contributed by atoms with Crippen LogP contribution in [0.4, 0.5) is 5.69 Å². The number of ether oxygens (including phenoxy) is 1. The minimum Gasteiger partial charge on any atom is -0.495 e. The van der Waals surface area contributed by atoms with E-state index < -0.39 is 0 Å². The van der Waals surface area contributed by atoms with Gasteiger partial charge in [-0.2, -0.15) is 0 Å². The Labute approximate surface area is 202 Å². The van der Waals surface area contributed by atoms with Gasteiger partial charge in [0.2, 0.25) is 11.8 Å². The van der Waals surface area contributed by atoms with Crippen LogP contribution in [0.1, 0.15) is 37.8 Å². The Balaban J connectivity index is 1.52. The quantitative estimate of drug-likeness (QED) is 0.509. The van der Waals surface area contributed by atoms with Gasteiger partial charge in [0.15, 0.2) is 0 Å². The maximum Gasteiger partial charge on any atom is 0.273 e. The van der Waals surface area contributed by atoms with Gasteiger partial charge in [-0.05, 0) is 43.2 Å². The molecule has 3 aromatic rings. The molecule has 0 aliphatic heterocycles. The molecule has 2 aromatic carbocycles. The maximum absolute atomic E-state index is 13.2. The third-order valence-electron chi connectivity index (χ3n) is 5.97. The summed E-state index contributed by atoms with van der Waals surface area (Å²) >= 11 is 6.14. The number of nitrogens with zero attached hydrogens (tertiary/aromatic N) is 2. The number of nitrogens with one attached hydrogen (secondary N) is 2. The van der Waals surface area contributed by atoms with E-state index in [1.54, 1.807) is 36.4 Å². The highest BCUT2D eigenvalue weighted by atomic mass is 35.5. The average molecular weight is 483 g/mol. The Bertz CT molecular complexity index is 1270. The molecule has 9 heteroatoms. The molecule has 1 saturated carbocycles. The standard InChI is InChI=1S/C25H27ClN4O4/c1-34-22-12-10-17(14-18(22)26)28-24(32)15-30-21-9-5-4-8-19(21)29-20(25(30)33)11-13-23(31)27-16-6-2-3-7-16/h4-5,8-10,12,14,16H,2-3,6-7,11,13,15H2,1H3,(H,27,31)(H,28,32). The number of hydrogen-bond donors (Lipinski definition) is 2. The van der Waals surface area contributed by atoms with Crippen molar-refractivity contribution in [2.75, 3.05) is 12.4 Å². The number of rotatable bonds is 8. The van der Waals surface area contributed by atoms with Crippen molar-refractivity contribution in [3.8, 4) is 5.75 Å². The SMILES string of the molecule is COc1ccc(NC(=O)Cn2c(=O)c(CCC(=O)NC3CCCC3)nc3ccccc32)cc1Cl. The lowest BCUT2D eigenvalue weighted by Gasteiger charge is -2.14. The van der Waals surface area contributed by atoms with Crippen LogP contribution in [0.15, 0.2) is 47.3 Å². The number of methoxy groups -OCH3 is 1. The number of carbonyl (C=O) groups excluding carboxylic acids is 2. The lowest BCUT2D eigenvalue weighted by Crippen LogP contribution is -2.34. The minimum atomic E-state index is -0.385. The molecule has 2 amide bonds. The number of amides is 2. The zero-order chi connectivity index (χ0) is 24.1. The van der Waals surface area contributed by atoms with Crippen LogP contribution < -0.4 is 20.9 Å². The number of hydrogen-bond acceptors (Lipinski definition) is 5. The molecular weight excluding hydrogens is 456 g/mol. The fraction of sp³-hybridized carbons (Fsp3) is 0.360. The van der Waals surface area contributed by atoms with E-state index in [1.165, 1.54) is 11.7 Å². The first-order valence-electron chi connectivity index (χ1n) is 11.4. The molecule has 0 unspecified atom stereocenters. The van der Waals surface area contributed by atoms with Crippen LogP contribution in [-0.2, 0) is 22.6 Å². The molecule has 0 saturated heterocycles. The summed E-state index contributed by atoms with van der Waals surface area (Å²) in [4.78, 5) is 42.8. The Morgan fingerprint density at radius 3 is 2.65 bits per heavy atom. The fourth-order valence-corrected chi connectivity index (χ4v) is 4.51. The zero-order valence-corrected chi connectivity index (χ0v) is 19.7. The molecule has 4 rings (SSSR count). The van der Waals surface area contributed by atoms with Gasteiger partial charge in [-0.1, -0.05) is 36.6 Å². The molecule has 0 atom stereocenters. The van der Waals surface area contributed by atoms with Crippen molar-refractivity contribution in [3.63, 3.8) is 0 Å². The molecule has 34 heavy (non-hydrogen) atoms. The number of benzene rings is 2. The molecule has 0 radical (unpaired) electrons. The first-order chi connectivity index (χ1) is 16.4. The second-order valence-corrected chi connectivity index (χ2v) is 8.79. The van der Waals surface area contributed by atoms with Gasteiger partial charge in [0.05, 0.1) is 23.2 Å². The van der Waals surface area contributed by atoms with E-state index in [4.69, 9.17) is 16.3 Å². The molecular formula is C25H27ClN4O4. The lowest BCUT2D eigenvalue weighted by molar-refractivity contribution is -0.121. The molecule has 1 heterocycles. The first kappa shape index (κ1) is 23.8. The predicted octanol–water partition coefficient (Wildman–Crippen LogP) is 3.69. The zero-order valence-electron chi connectivity index (χ0n) is 19.0. The largest absolute Gasteiger partial charge is 0.495 e. The number of aromatic nitrogens is 2. The van der Waals surface area contributed by atoms with Gasteiger partial charge in [0.1, 0.15) is 18.0 Å². The Morgan fingerprint density at radius 2 is 1.91 bits per heavy atom. The van der Waals surface area contributed by atoms with Gasteiger partial charge in [0.25, 0.3) is 5.56 Å². The van der Waals surface area contributed by atoms with Crippen molar-refractivity contribution in [2.24, 2.45) is 0 Å². The summed E-state index contributed by atoms with van der Waals surface area (Å²) in [6.45, 7) is -0.202. The number of aryl methyl sites for hydroxylation is 1. The third kappa shape index (κ3) is 5.56. The summed E-state index contributed by atoms with van der Waals surface area (Å²) in [5.74, 6) is 0.0316. The average Bonchev–Trinajstić information content (AvgIpc) is 3.33. The number of halogens is 1. The molecule has 1 aromatic heterocycles. The van der Waals surface area contributed by atoms with Crippen molar-refractivity contribution < 1.29 is 14.3 Å². The van der Waals surface area contributed by atoms with Crippen molar-refractivity contribution in [1.82, 2.24) is 14.9 Å². The summed E-state index contributed by atoms with van der Waals surface area (Å²) < 4.78 is 6.52. The van der Waals surface area contributed by atoms with Crippen molar-refractivity contribution in [2.45, 2.75) is 51.1 Å². The maximum atomic E-state index is 13.2. The minimum absolute atomic E-state index is 0.0815. The van der Waals surface area contributed by atoms with Gasteiger partial charge in [-0.25, -0.2) is 4.98 Å². The van der Waals surface area contributed by atoms with Gasteiger partial charge in [-0.15, -0.1) is 0 Å². The second kappa shape index (κ2) is 10.7. The van der Waals surface area contributed by atoms with Gasteiger partial charge in [-0.3, -0.25) is 19.0 Å². The lowest BCUT2D eigenvalue weighted by atomic mass is 10.2. The van der Waals surface area contributed by atoms with Crippen molar-refractivity contribution >= 4 is 40.1 Å². The van der Waals surface area contributed by atoms with Crippen LogP contribution in [0, 0.1) is 0 Å². The highest BCUT2D eigenvalue weighted by Gasteiger charge is 2.19. The van der Waals surface area contributed by atoms with Crippen molar-refractivity contribution in [1.29, 1.82) is 0 Å². The summed E-state index contributed by atoms with van der Waals surface area (Å²) in [6.07, 6.45) is 4.65. The van der Waals surface area contributed by atoms with E-state index in [1.807, 2.05) is 6.07 Å². The molecule has 8 nitrogen and oxygen atoms in total. The van der Waals surface area contributed by atoms with Crippen LogP contribution >= 0.6 is 11.6 Å². The van der Waals surface area contributed by atoms with Crippen LogP contribution in [-0.4, -0.2) is 34.5 Å². The summed E-state index contributed by atoms with van der Waals surface area (Å²) in [5, 5.41) is 6.16. The summed E-state index contributed by atoms with van der Waals surface area (Å²) in [6, 6.07) is 12.3. The monoisotopic (exact) mass is 482 g/mol. The fourth-order valence-electron chi connectivity index (χ4n) is 4.26. The van der Waals surface area contributed by atoms with Crippen LogP contribution in [0.3, 0.4) is 0 Å². The van der Waals surface area contributed by atoms with Crippen LogP contribution in [0.2, 0.25) is 5.02 Å². The van der Waals surface area contributed by atoms with Gasteiger partial charge < -0.3 is 15.4 Å². The van der Waals surface area contributed by atoms with Crippen LogP contribution in [0.25, 0.3) is 11.0 Å². The van der Waals surface area contributed by atoms with E-state index in [0.29, 0.717) is 27.5 Å². The molecule has 0 bridgehead atoms. The Morgan fingerprint density at radius 1 is 1.15 bits per heavy atom. The van der Waals surface area contributed by atoms with E-state index in [2.05, 4.69) is 15.6 Å². The summed E-state index contributed by atoms with van der Waals surface area (Å²) in [5.41, 5.74) is 1.52. The molecule has 0 spiro atoms. The van der Waals surface area contributed by atoms with E-state index in [0.717, 1.165) is 25.7 Å². The second-order valence-electron chi connectivity index (χ2n) is 8.38. The molecule has 1 aliphatic carbocycles. The van der Waals surface area contributed by atoms with Crippen molar-refractivity contribution in [3.05, 3.63) is 63.5 Å². The highest BCUT2D eigenvalue weighted by molar-refractivity contribution is 6.32. The smallest absolute Gasteiger partial charge is 0.273 e. The first-order valence-corrected chi connectivity index (χ1v) is 11.7. The topological polar surface area (TPSA) is 102 Å². The summed E-state index contributed by atoms with van der Waals surface area (Å²) in [7, 11) is 1.51. The van der Waals surface area contributed by atoms with Crippen LogP contribution in [0.5, 0.6) is 5.75 Å². The van der Waals surface area contributed by atoms with E-state index in [9.17, 15) is 14.4 Å². The van der Waals surface area contributed by atoms with Gasteiger partial charge in [0, 0.05) is 24.6 Å². The van der Waals surface area contributed by atoms with Gasteiger partial charge >= 0.3 is 0 Å². The predicted molar refractivity (Wildman–Crippen MR) is 131 cm³/mol. The number of carbonyl (C=O) groups is 2.